The molecule has 2 aromatic rings. The fourth-order valence-electron chi connectivity index (χ4n) is 4.15. The monoisotopic (exact) mass is 441 g/mol. The minimum atomic E-state index is -0.945. The Morgan fingerprint density at radius 1 is 1.00 bits per heavy atom. The summed E-state index contributed by atoms with van der Waals surface area (Å²) >= 11 is 0. The molecule has 0 amide bonds. The quantitative estimate of drug-likeness (QED) is 0.243. The Labute approximate surface area is 188 Å². The summed E-state index contributed by atoms with van der Waals surface area (Å²) in [5.41, 5.74) is -0.433. The van der Waals surface area contributed by atoms with Gasteiger partial charge in [-0.05, 0) is 48.9 Å². The highest BCUT2D eigenvalue weighted by atomic mass is 19.1. The molecule has 0 N–H and O–H groups in total. The second-order valence-electron chi connectivity index (χ2n) is 8.48. The summed E-state index contributed by atoms with van der Waals surface area (Å²) in [4.78, 5) is 12.3. The van der Waals surface area contributed by atoms with Gasteiger partial charge in [-0.3, -0.25) is 0 Å². The summed E-state index contributed by atoms with van der Waals surface area (Å²) in [5, 5.41) is 8.75. The van der Waals surface area contributed by atoms with Crippen LogP contribution >= 0.6 is 0 Å². The van der Waals surface area contributed by atoms with Crippen LogP contribution in [0.4, 0.5) is 8.78 Å². The maximum atomic E-state index is 14.5. The zero-order chi connectivity index (χ0) is 22.9. The summed E-state index contributed by atoms with van der Waals surface area (Å²) in [5.74, 6) is -0.954. The van der Waals surface area contributed by atoms with Gasteiger partial charge in [0.05, 0.1) is 17.7 Å². The molecule has 1 aliphatic carbocycles. The smallest absolute Gasteiger partial charge is 0.346 e. The van der Waals surface area contributed by atoms with Gasteiger partial charge in [0.25, 0.3) is 0 Å². The zero-order valence-corrected chi connectivity index (χ0v) is 18.4. The average Bonchev–Trinajstić information content (AvgIpc) is 2.79. The molecule has 3 rings (SSSR count). The van der Waals surface area contributed by atoms with Gasteiger partial charge in [0.2, 0.25) is 0 Å². The Kier molecular flexibility index (Phi) is 8.61. The molecule has 0 bridgehead atoms. The molecule has 4 nitrogen and oxygen atoms in total. The lowest BCUT2D eigenvalue weighted by Gasteiger charge is -2.28. The van der Waals surface area contributed by atoms with Crippen molar-refractivity contribution in [2.24, 2.45) is 11.8 Å². The first-order valence-corrected chi connectivity index (χ1v) is 11.3. The Bertz CT molecular complexity index is 962. The highest BCUT2D eigenvalue weighted by Crippen LogP contribution is 2.32. The van der Waals surface area contributed by atoms with Crippen molar-refractivity contribution in [3.8, 4) is 17.6 Å². The van der Waals surface area contributed by atoms with Gasteiger partial charge >= 0.3 is 5.97 Å². The number of hydrogen-bond donors (Lipinski definition) is 0. The van der Waals surface area contributed by atoms with Crippen LogP contribution in [0.2, 0.25) is 0 Å². The number of hydrogen-bond acceptors (Lipinski definition) is 4. The minimum Gasteiger partial charge on any atom is -0.493 e. The molecular weight excluding hydrogens is 412 g/mol. The van der Waals surface area contributed by atoms with Crippen molar-refractivity contribution in [3.63, 3.8) is 0 Å². The van der Waals surface area contributed by atoms with Crippen LogP contribution in [0.1, 0.15) is 74.2 Å². The van der Waals surface area contributed by atoms with Gasteiger partial charge < -0.3 is 9.47 Å². The molecule has 1 aliphatic rings. The largest absolute Gasteiger partial charge is 0.493 e. The van der Waals surface area contributed by atoms with E-state index in [4.69, 9.17) is 14.7 Å². The molecule has 0 unspecified atom stereocenters. The van der Waals surface area contributed by atoms with Crippen molar-refractivity contribution in [2.75, 3.05) is 6.61 Å². The molecule has 0 aliphatic heterocycles. The molecule has 0 saturated heterocycles. The first-order chi connectivity index (χ1) is 15.5. The molecule has 0 spiro atoms. The summed E-state index contributed by atoms with van der Waals surface area (Å²) < 4.78 is 38.9. The fourth-order valence-corrected chi connectivity index (χ4v) is 4.15. The van der Waals surface area contributed by atoms with Gasteiger partial charge in [-0.1, -0.05) is 45.4 Å². The van der Waals surface area contributed by atoms with Gasteiger partial charge in [0.1, 0.15) is 29.2 Å². The lowest BCUT2D eigenvalue weighted by atomic mass is 9.80. The van der Waals surface area contributed by atoms with Crippen LogP contribution in [0.25, 0.3) is 0 Å². The summed E-state index contributed by atoms with van der Waals surface area (Å²) in [6, 6.07) is 9.10. The van der Waals surface area contributed by atoms with Crippen molar-refractivity contribution in [2.45, 2.75) is 58.3 Å². The Balaban J connectivity index is 1.49. The Morgan fingerprint density at radius 2 is 1.69 bits per heavy atom. The number of esters is 1. The van der Waals surface area contributed by atoms with Crippen LogP contribution in [-0.4, -0.2) is 12.6 Å². The first kappa shape index (κ1) is 23.7. The molecule has 170 valence electrons. The molecular formula is C26H29F2NO3. The maximum absolute atomic E-state index is 14.5. The van der Waals surface area contributed by atoms with Gasteiger partial charge in [-0.25, -0.2) is 13.6 Å². The third kappa shape index (κ3) is 6.53. The van der Waals surface area contributed by atoms with E-state index in [1.807, 2.05) is 0 Å². The van der Waals surface area contributed by atoms with E-state index in [9.17, 15) is 13.6 Å². The molecule has 0 aromatic heterocycles. The van der Waals surface area contributed by atoms with Gasteiger partial charge in [-0.15, -0.1) is 0 Å². The Morgan fingerprint density at radius 3 is 2.34 bits per heavy atom. The first-order valence-electron chi connectivity index (χ1n) is 11.3. The predicted molar refractivity (Wildman–Crippen MR) is 118 cm³/mol. The summed E-state index contributed by atoms with van der Waals surface area (Å²) in [7, 11) is 0. The van der Waals surface area contributed by atoms with Gasteiger partial charge in [0.15, 0.2) is 0 Å². The van der Waals surface area contributed by atoms with E-state index in [1.54, 1.807) is 6.07 Å². The summed E-state index contributed by atoms with van der Waals surface area (Å²) in [6.45, 7) is 2.76. The van der Waals surface area contributed by atoms with Crippen molar-refractivity contribution in [1.29, 1.82) is 5.26 Å². The van der Waals surface area contributed by atoms with E-state index in [0.29, 0.717) is 18.3 Å². The molecule has 32 heavy (non-hydrogen) atoms. The third-order valence-corrected chi connectivity index (χ3v) is 6.10. The van der Waals surface area contributed by atoms with E-state index in [0.717, 1.165) is 24.8 Å². The van der Waals surface area contributed by atoms with E-state index in [2.05, 4.69) is 6.92 Å². The second kappa shape index (κ2) is 11.6. The van der Waals surface area contributed by atoms with Crippen LogP contribution in [-0.2, 0) is 0 Å². The predicted octanol–water partition coefficient (Wildman–Crippen LogP) is 6.82. The Hall–Kier alpha value is -2.94. The molecule has 2 aromatic carbocycles. The lowest BCUT2D eigenvalue weighted by Crippen LogP contribution is -2.20. The van der Waals surface area contributed by atoms with E-state index in [-0.39, 0.29) is 16.9 Å². The van der Waals surface area contributed by atoms with Crippen molar-refractivity contribution in [3.05, 3.63) is 59.2 Å². The fraction of sp³-hybridized carbons (Fsp3) is 0.462. The number of nitriles is 1. The van der Waals surface area contributed by atoms with E-state index < -0.39 is 17.6 Å². The number of rotatable bonds is 9. The molecule has 1 saturated carbocycles. The van der Waals surface area contributed by atoms with Gasteiger partial charge in [0, 0.05) is 12.1 Å². The molecule has 1 fully saturated rings. The average molecular weight is 442 g/mol. The normalized spacial score (nSPS) is 18.1. The van der Waals surface area contributed by atoms with Crippen LogP contribution in [0.15, 0.2) is 36.4 Å². The maximum Gasteiger partial charge on any atom is 0.346 e. The standard InChI is InChI=1S/C26H29F2NO3/c1-2-3-4-5-18-6-8-19(9-7-18)17-31-21-12-13-23(25(28)14-21)26(30)32-22-11-10-20(16-29)24(27)15-22/h10-15,18-19H,2-9,17H2,1H3/t18-,19-. The van der Waals surface area contributed by atoms with Crippen LogP contribution in [0, 0.1) is 34.8 Å². The number of ether oxygens (including phenoxy) is 2. The van der Waals surface area contributed by atoms with Crippen LogP contribution in [0.3, 0.4) is 0 Å². The second-order valence-corrected chi connectivity index (χ2v) is 8.48. The summed E-state index contributed by atoms with van der Waals surface area (Å²) in [6.07, 6.45) is 9.91. The topological polar surface area (TPSA) is 59.3 Å². The highest BCUT2D eigenvalue weighted by Gasteiger charge is 2.22. The molecule has 0 radical (unpaired) electrons. The number of halogens is 2. The minimum absolute atomic E-state index is 0.100. The highest BCUT2D eigenvalue weighted by molar-refractivity contribution is 5.91. The van der Waals surface area contributed by atoms with Gasteiger partial charge in [-0.2, -0.15) is 5.26 Å². The van der Waals surface area contributed by atoms with Crippen LogP contribution in [0.5, 0.6) is 11.5 Å². The number of carbonyl (C=O) groups excluding carboxylic acids is 1. The SMILES string of the molecule is CCCCC[C@H]1CC[C@H](COc2ccc(C(=O)Oc3ccc(C#N)c(F)c3)c(F)c2)CC1. The molecule has 0 atom stereocenters. The van der Waals surface area contributed by atoms with Crippen LogP contribution < -0.4 is 9.47 Å². The van der Waals surface area contributed by atoms with Crippen molar-refractivity contribution >= 4 is 5.97 Å². The van der Waals surface area contributed by atoms with Crippen molar-refractivity contribution in [1.82, 2.24) is 0 Å². The molecule has 6 heteroatoms. The van der Waals surface area contributed by atoms with E-state index >= 15 is 0 Å². The van der Waals surface area contributed by atoms with Crippen molar-refractivity contribution < 1.29 is 23.0 Å². The number of nitrogens with zero attached hydrogens (tertiary/aromatic N) is 1. The lowest BCUT2D eigenvalue weighted by molar-refractivity contribution is 0.0729. The third-order valence-electron chi connectivity index (χ3n) is 6.10. The number of carbonyl (C=O) groups is 1. The van der Waals surface area contributed by atoms with E-state index in [1.165, 1.54) is 68.9 Å². The zero-order valence-electron chi connectivity index (χ0n) is 18.4. The molecule has 0 heterocycles. The number of unbranched alkanes of at least 4 members (excludes halogenated alkanes) is 2. The number of benzene rings is 2.